The molecule has 2 aliphatic rings. The molecule has 2 aliphatic heterocycles. The van der Waals surface area contributed by atoms with Gasteiger partial charge in [-0.25, -0.2) is 5.01 Å². The lowest BCUT2D eigenvalue weighted by Crippen LogP contribution is -2.47. The first-order valence-electron chi connectivity index (χ1n) is 10.1. The smallest absolute Gasteiger partial charge is 0.137 e. The Hall–Kier alpha value is -1.37. The van der Waals surface area contributed by atoms with E-state index >= 15 is 0 Å². The minimum Gasteiger partial charge on any atom is -0.308 e. The van der Waals surface area contributed by atoms with Gasteiger partial charge in [-0.15, -0.1) is 0 Å². The fourth-order valence-corrected chi connectivity index (χ4v) is 5.03. The highest BCUT2D eigenvalue weighted by atomic mass is 35.5. The van der Waals surface area contributed by atoms with Crippen LogP contribution in [0.4, 0.5) is 5.69 Å². The maximum Gasteiger partial charge on any atom is 0.137 e. The fourth-order valence-electron chi connectivity index (χ4n) is 4.05. The van der Waals surface area contributed by atoms with E-state index in [4.69, 9.17) is 52.1 Å². The zero-order chi connectivity index (χ0) is 21.3. The minimum absolute atomic E-state index is 0.0581. The summed E-state index contributed by atoms with van der Waals surface area (Å²) in [4.78, 5) is 0.663. The Labute approximate surface area is 197 Å². The van der Waals surface area contributed by atoms with Crippen LogP contribution in [0.25, 0.3) is 0 Å². The SMILES string of the molecule is C[C@@H]1C(C(=S)NN2CCCCC2)=NN(c2ccc(Cl)cc2Cl)[C@H]1c1ccc(Cl)cc1. The third-order valence-corrected chi connectivity index (χ3v) is 6.69. The number of nitrogens with zero attached hydrogens (tertiary/aromatic N) is 3. The number of anilines is 1. The van der Waals surface area contributed by atoms with Gasteiger partial charge in [0.05, 0.1) is 16.8 Å². The van der Waals surface area contributed by atoms with Gasteiger partial charge in [0.2, 0.25) is 0 Å². The van der Waals surface area contributed by atoms with E-state index in [2.05, 4.69) is 17.4 Å². The number of hydrogen-bond acceptors (Lipinski definition) is 4. The van der Waals surface area contributed by atoms with Gasteiger partial charge >= 0.3 is 0 Å². The van der Waals surface area contributed by atoms with Gasteiger partial charge in [-0.3, -0.25) is 5.01 Å². The molecule has 0 spiro atoms. The maximum atomic E-state index is 6.55. The van der Waals surface area contributed by atoms with Gasteiger partial charge in [-0.2, -0.15) is 5.10 Å². The third kappa shape index (κ3) is 4.61. The van der Waals surface area contributed by atoms with Gasteiger partial charge in [-0.1, -0.05) is 72.5 Å². The van der Waals surface area contributed by atoms with Crippen molar-refractivity contribution in [3.8, 4) is 0 Å². The normalized spacial score (nSPS) is 22.1. The maximum absolute atomic E-state index is 6.55. The number of hydrazone groups is 1. The monoisotopic (exact) mass is 480 g/mol. The zero-order valence-corrected chi connectivity index (χ0v) is 19.7. The van der Waals surface area contributed by atoms with Crippen LogP contribution in [0.15, 0.2) is 47.6 Å². The van der Waals surface area contributed by atoms with Crippen LogP contribution in [0, 0.1) is 5.92 Å². The highest BCUT2D eigenvalue weighted by Crippen LogP contribution is 2.42. The summed E-state index contributed by atoms with van der Waals surface area (Å²) < 4.78 is 0. The molecular weight excluding hydrogens is 459 g/mol. The van der Waals surface area contributed by atoms with E-state index in [1.807, 2.05) is 41.4 Å². The van der Waals surface area contributed by atoms with Crippen LogP contribution in [-0.4, -0.2) is 28.8 Å². The van der Waals surface area contributed by atoms with Gasteiger partial charge in [0.25, 0.3) is 0 Å². The first kappa shape index (κ1) is 21.8. The van der Waals surface area contributed by atoms with Crippen molar-refractivity contribution in [3.63, 3.8) is 0 Å². The molecule has 2 heterocycles. The molecular formula is C22H23Cl3N4S. The van der Waals surface area contributed by atoms with E-state index in [-0.39, 0.29) is 12.0 Å². The average Bonchev–Trinajstić information content (AvgIpc) is 3.06. The molecule has 0 radical (unpaired) electrons. The van der Waals surface area contributed by atoms with Crippen molar-refractivity contribution in [2.24, 2.45) is 11.0 Å². The number of thiocarbonyl (C=S) groups is 1. The summed E-state index contributed by atoms with van der Waals surface area (Å²) in [7, 11) is 0. The molecule has 0 aromatic heterocycles. The predicted molar refractivity (Wildman–Crippen MR) is 131 cm³/mol. The molecule has 0 unspecified atom stereocenters. The molecule has 1 fully saturated rings. The number of hydrazine groups is 1. The van der Waals surface area contributed by atoms with Crippen LogP contribution in [0.5, 0.6) is 0 Å². The van der Waals surface area contributed by atoms with Crippen molar-refractivity contribution in [1.29, 1.82) is 0 Å². The Morgan fingerprint density at radius 3 is 2.33 bits per heavy atom. The lowest BCUT2D eigenvalue weighted by atomic mass is 9.91. The Balaban J connectivity index is 1.68. The Morgan fingerprint density at radius 1 is 1.00 bits per heavy atom. The van der Waals surface area contributed by atoms with Crippen molar-refractivity contribution in [1.82, 2.24) is 10.4 Å². The second kappa shape index (κ2) is 9.41. The van der Waals surface area contributed by atoms with Crippen LogP contribution in [0.1, 0.15) is 37.8 Å². The molecule has 2 aromatic rings. The van der Waals surface area contributed by atoms with Crippen molar-refractivity contribution in [3.05, 3.63) is 63.1 Å². The second-order valence-corrected chi connectivity index (χ2v) is 9.39. The van der Waals surface area contributed by atoms with E-state index in [1.165, 1.54) is 19.3 Å². The fraction of sp³-hybridized carbons (Fsp3) is 0.364. The molecule has 4 nitrogen and oxygen atoms in total. The van der Waals surface area contributed by atoms with Crippen molar-refractivity contribution in [2.75, 3.05) is 18.1 Å². The van der Waals surface area contributed by atoms with E-state index in [1.54, 1.807) is 6.07 Å². The van der Waals surface area contributed by atoms with Crippen molar-refractivity contribution >= 4 is 63.4 Å². The molecule has 2 aromatic carbocycles. The highest BCUT2D eigenvalue weighted by Gasteiger charge is 2.39. The predicted octanol–water partition coefficient (Wildman–Crippen LogP) is 6.52. The molecule has 1 saturated heterocycles. The molecule has 0 bridgehead atoms. The van der Waals surface area contributed by atoms with Crippen LogP contribution in [0.3, 0.4) is 0 Å². The number of hydrogen-bond donors (Lipinski definition) is 1. The number of nitrogens with one attached hydrogen (secondary N) is 1. The van der Waals surface area contributed by atoms with Crippen LogP contribution in [-0.2, 0) is 0 Å². The first-order valence-corrected chi connectivity index (χ1v) is 11.6. The molecule has 0 saturated carbocycles. The lowest BCUT2D eigenvalue weighted by molar-refractivity contribution is 0.197. The first-order chi connectivity index (χ1) is 14.4. The number of rotatable bonds is 4. The Kier molecular flexibility index (Phi) is 6.85. The van der Waals surface area contributed by atoms with Gasteiger partial charge in [-0.05, 0) is 48.7 Å². The Bertz CT molecular complexity index is 957. The van der Waals surface area contributed by atoms with Crippen molar-refractivity contribution in [2.45, 2.75) is 32.2 Å². The second-order valence-electron chi connectivity index (χ2n) is 7.70. The quantitative estimate of drug-likeness (QED) is 0.504. The van der Waals surface area contributed by atoms with E-state index in [0.717, 1.165) is 30.1 Å². The number of benzene rings is 2. The molecule has 0 aliphatic carbocycles. The van der Waals surface area contributed by atoms with Gasteiger partial charge in [0.15, 0.2) is 0 Å². The molecule has 158 valence electrons. The summed E-state index contributed by atoms with van der Waals surface area (Å²) in [6.45, 7) is 4.14. The number of piperidine rings is 1. The Morgan fingerprint density at radius 2 is 1.67 bits per heavy atom. The summed E-state index contributed by atoms with van der Waals surface area (Å²) in [5.74, 6) is 0.0581. The van der Waals surface area contributed by atoms with E-state index in [9.17, 15) is 0 Å². The molecule has 30 heavy (non-hydrogen) atoms. The summed E-state index contributed by atoms with van der Waals surface area (Å²) >= 11 is 24.6. The molecule has 2 atom stereocenters. The summed E-state index contributed by atoms with van der Waals surface area (Å²) in [5, 5.41) is 10.9. The molecule has 1 N–H and O–H groups in total. The molecule has 8 heteroatoms. The largest absolute Gasteiger partial charge is 0.308 e. The topological polar surface area (TPSA) is 30.9 Å². The third-order valence-electron chi connectivity index (χ3n) is 5.60. The van der Waals surface area contributed by atoms with Crippen LogP contribution in [0.2, 0.25) is 15.1 Å². The highest BCUT2D eigenvalue weighted by molar-refractivity contribution is 7.82. The summed E-state index contributed by atoms with van der Waals surface area (Å²) in [5.41, 5.74) is 6.14. The summed E-state index contributed by atoms with van der Waals surface area (Å²) in [6, 6.07) is 13.2. The average molecular weight is 482 g/mol. The lowest BCUT2D eigenvalue weighted by Gasteiger charge is -2.29. The molecule has 4 rings (SSSR count). The van der Waals surface area contributed by atoms with Crippen LogP contribution >= 0.6 is 47.0 Å². The van der Waals surface area contributed by atoms with Gasteiger partial charge in [0.1, 0.15) is 10.7 Å². The van der Waals surface area contributed by atoms with E-state index in [0.29, 0.717) is 20.1 Å². The van der Waals surface area contributed by atoms with Crippen molar-refractivity contribution < 1.29 is 0 Å². The van der Waals surface area contributed by atoms with Crippen LogP contribution < -0.4 is 10.4 Å². The van der Waals surface area contributed by atoms with E-state index < -0.39 is 0 Å². The van der Waals surface area contributed by atoms with Gasteiger partial charge < -0.3 is 5.43 Å². The summed E-state index contributed by atoms with van der Waals surface area (Å²) in [6.07, 6.45) is 3.62. The number of halogens is 3. The minimum atomic E-state index is -0.0583. The van der Waals surface area contributed by atoms with Gasteiger partial charge in [0, 0.05) is 29.1 Å². The molecule has 0 amide bonds. The standard InChI is InChI=1S/C22H23Cl3N4S/c1-14-20(22(30)27-28-11-3-2-4-12-28)26-29(19-10-9-17(24)13-18(19)25)21(14)15-5-7-16(23)8-6-15/h5-10,13-14,21H,2-4,11-12H2,1H3,(H,27,30)/t14-,21-/m1/s1. The zero-order valence-electron chi connectivity index (χ0n) is 16.6.